The summed E-state index contributed by atoms with van der Waals surface area (Å²) in [5.41, 5.74) is 20.6. The van der Waals surface area contributed by atoms with Crippen molar-refractivity contribution in [3.8, 4) is 22.3 Å². The van der Waals surface area contributed by atoms with Crippen LogP contribution in [0.4, 0.5) is 11.4 Å². The number of hydrogen-bond acceptors (Lipinski definition) is 6. The number of aromatic nitrogens is 2. The minimum atomic E-state index is -0.556. The van der Waals surface area contributed by atoms with Gasteiger partial charge in [-0.15, -0.1) is 0 Å². The molecule has 0 amide bonds. The molecular formula is C50H42N6. The van der Waals surface area contributed by atoms with Gasteiger partial charge in [-0.3, -0.25) is 9.97 Å². The Bertz CT molecular complexity index is 2540. The molecule has 4 aromatic carbocycles. The SMILES string of the molecule is c1cc2cc(c1)C1(c3cccc(c3)N3CN(C4=C3CCCC4)C3(c4ccncc4-c4cnccc43)N3CN2C2=C3CCCC2)c2ccccc2-c2ccccc21. The fourth-order valence-corrected chi connectivity index (χ4v) is 12.1. The molecule has 4 aliphatic carbocycles. The Morgan fingerprint density at radius 2 is 0.893 bits per heavy atom. The lowest BCUT2D eigenvalue weighted by atomic mass is 9.67. The van der Waals surface area contributed by atoms with Gasteiger partial charge in [0.2, 0.25) is 0 Å². The molecule has 0 saturated carbocycles. The quantitative estimate of drug-likeness (QED) is 0.155. The van der Waals surface area contributed by atoms with Crippen LogP contribution in [0.3, 0.4) is 0 Å². The van der Waals surface area contributed by atoms with Crippen LogP contribution in [-0.4, -0.2) is 33.1 Å². The lowest BCUT2D eigenvalue weighted by Gasteiger charge is -2.51. The van der Waals surface area contributed by atoms with Crippen molar-refractivity contribution >= 4 is 11.4 Å². The molecule has 6 aromatic rings. The van der Waals surface area contributed by atoms with Gasteiger partial charge in [-0.1, -0.05) is 72.8 Å². The summed E-state index contributed by atoms with van der Waals surface area (Å²) in [5, 5.41) is 0. The van der Waals surface area contributed by atoms with Crippen LogP contribution < -0.4 is 9.80 Å². The van der Waals surface area contributed by atoms with Crippen molar-refractivity contribution in [3.05, 3.63) is 190 Å². The maximum atomic E-state index is 4.74. The average Bonchev–Trinajstić information content (AvgIpc) is 4.01. The molecule has 2 aromatic heterocycles. The molecule has 6 heteroatoms. The molecule has 2 spiro atoms. The molecular weight excluding hydrogens is 685 g/mol. The summed E-state index contributed by atoms with van der Waals surface area (Å²) < 4.78 is 0. The Balaban J connectivity index is 1.15. The second-order valence-corrected chi connectivity index (χ2v) is 16.7. The molecule has 0 radical (unpaired) electrons. The third-order valence-corrected chi connectivity index (χ3v) is 14.3. The van der Waals surface area contributed by atoms with Crippen molar-refractivity contribution in [2.45, 2.75) is 62.4 Å². The summed E-state index contributed by atoms with van der Waals surface area (Å²) in [7, 11) is 0. The van der Waals surface area contributed by atoms with Crippen molar-refractivity contribution in [2.24, 2.45) is 0 Å². The van der Waals surface area contributed by atoms with E-state index in [0.717, 1.165) is 39.0 Å². The Labute approximate surface area is 328 Å². The molecule has 8 bridgehead atoms. The highest BCUT2D eigenvalue weighted by molar-refractivity contribution is 5.87. The average molecular weight is 727 g/mol. The van der Waals surface area contributed by atoms with E-state index in [-0.39, 0.29) is 0 Å². The molecule has 272 valence electrons. The van der Waals surface area contributed by atoms with E-state index in [0.29, 0.717) is 0 Å². The van der Waals surface area contributed by atoms with Crippen LogP contribution >= 0.6 is 0 Å². The van der Waals surface area contributed by atoms with Crippen molar-refractivity contribution in [3.63, 3.8) is 0 Å². The number of fused-ring (bicyclic) bond motifs is 28. The fourth-order valence-electron chi connectivity index (χ4n) is 12.1. The van der Waals surface area contributed by atoms with Gasteiger partial charge < -0.3 is 19.6 Å². The van der Waals surface area contributed by atoms with Crippen molar-refractivity contribution in [1.82, 2.24) is 19.8 Å². The topological polar surface area (TPSA) is 38.7 Å². The fraction of sp³-hybridized carbons (Fsp3) is 0.240. The van der Waals surface area contributed by atoms with Crippen LogP contribution in [0.25, 0.3) is 22.3 Å². The molecule has 5 heterocycles. The predicted molar refractivity (Wildman–Crippen MR) is 221 cm³/mol. The molecule has 0 fully saturated rings. The summed E-state index contributed by atoms with van der Waals surface area (Å²) in [6.07, 6.45) is 17.3. The van der Waals surface area contributed by atoms with E-state index in [9.17, 15) is 0 Å². The highest BCUT2D eigenvalue weighted by atomic mass is 15.5. The highest BCUT2D eigenvalue weighted by Gasteiger charge is 2.58. The minimum absolute atomic E-state index is 0.472. The third-order valence-electron chi connectivity index (χ3n) is 14.3. The van der Waals surface area contributed by atoms with Crippen molar-refractivity contribution < 1.29 is 0 Å². The summed E-state index contributed by atoms with van der Waals surface area (Å²) >= 11 is 0. The lowest BCUT2D eigenvalue weighted by molar-refractivity contribution is 0.0263. The molecule has 3 aliphatic heterocycles. The van der Waals surface area contributed by atoms with Gasteiger partial charge in [0.1, 0.15) is 0 Å². The lowest BCUT2D eigenvalue weighted by Crippen LogP contribution is -2.57. The van der Waals surface area contributed by atoms with E-state index in [1.807, 2.05) is 12.4 Å². The molecule has 6 nitrogen and oxygen atoms in total. The Morgan fingerprint density at radius 1 is 0.429 bits per heavy atom. The first-order valence-electron chi connectivity index (χ1n) is 20.6. The standard InChI is InChI=1S/C50H42N6/c1-3-17-41-37(15-1)38-16-2-4-18-42(38)49(41)33-11-9-13-35(27-33)53-31-55(47-21-7-5-19-45(47)53)50(43-23-25-51-29-39(43)40-30-52-26-24-44(40)50)56-32-54(36-14-10-12-34(49)28-36)46-20-6-8-22-48(46)56/h1-4,9-18,23-30H,5-8,19-22,31-32H2. The van der Waals surface area contributed by atoms with Crippen molar-refractivity contribution in [1.29, 1.82) is 0 Å². The first kappa shape index (κ1) is 31.1. The molecule has 0 N–H and O–H groups in total. The summed E-state index contributed by atoms with van der Waals surface area (Å²) in [6.45, 7) is 1.56. The number of anilines is 2. The number of pyridine rings is 2. The van der Waals surface area contributed by atoms with Gasteiger partial charge in [0.05, 0.1) is 18.8 Å². The summed E-state index contributed by atoms with van der Waals surface area (Å²) in [4.78, 5) is 20.5. The third kappa shape index (κ3) is 3.73. The number of rotatable bonds is 0. The largest absolute Gasteiger partial charge is 0.325 e. The number of nitrogens with zero attached hydrogens (tertiary/aromatic N) is 6. The summed E-state index contributed by atoms with van der Waals surface area (Å²) in [6, 6.07) is 42.2. The maximum absolute atomic E-state index is 4.74. The predicted octanol–water partition coefficient (Wildman–Crippen LogP) is 10.5. The van der Waals surface area contributed by atoms with Crippen LogP contribution in [0.5, 0.6) is 0 Å². The molecule has 56 heavy (non-hydrogen) atoms. The monoisotopic (exact) mass is 726 g/mol. The van der Waals surface area contributed by atoms with Gasteiger partial charge in [-0.25, -0.2) is 0 Å². The van der Waals surface area contributed by atoms with Gasteiger partial charge in [-0.2, -0.15) is 0 Å². The number of hydrogen-bond donors (Lipinski definition) is 0. The Morgan fingerprint density at radius 3 is 1.39 bits per heavy atom. The number of benzene rings is 4. The normalized spacial score (nSPS) is 20.1. The molecule has 0 atom stereocenters. The van der Waals surface area contributed by atoms with Crippen LogP contribution in [0.2, 0.25) is 0 Å². The van der Waals surface area contributed by atoms with Gasteiger partial charge in [0.25, 0.3) is 0 Å². The first-order chi connectivity index (χ1) is 27.8. The van der Waals surface area contributed by atoms with E-state index in [1.54, 1.807) is 0 Å². The van der Waals surface area contributed by atoms with E-state index in [1.165, 1.54) is 115 Å². The van der Waals surface area contributed by atoms with Gasteiger partial charge in [-0.05, 0) is 121 Å². The maximum Gasteiger partial charge on any atom is 0.170 e. The highest BCUT2D eigenvalue weighted by Crippen LogP contribution is 2.61. The molecule has 7 aliphatic rings. The molecule has 0 saturated heterocycles. The molecule has 0 unspecified atom stereocenters. The van der Waals surface area contributed by atoms with Crippen LogP contribution in [0, 0.1) is 0 Å². The van der Waals surface area contributed by atoms with Crippen LogP contribution in [-0.2, 0) is 11.1 Å². The van der Waals surface area contributed by atoms with Crippen molar-refractivity contribution in [2.75, 3.05) is 23.1 Å². The van der Waals surface area contributed by atoms with Crippen LogP contribution in [0.1, 0.15) is 84.7 Å². The number of allylic oxidation sites excluding steroid dienone is 4. The first-order valence-corrected chi connectivity index (χ1v) is 20.6. The second-order valence-electron chi connectivity index (χ2n) is 16.7. The Hall–Kier alpha value is -6.14. The Kier molecular flexibility index (Phi) is 6.23. The zero-order valence-electron chi connectivity index (χ0n) is 31.5. The van der Waals surface area contributed by atoms with E-state index >= 15 is 0 Å². The van der Waals surface area contributed by atoms with Gasteiger partial charge in [0.15, 0.2) is 5.66 Å². The van der Waals surface area contributed by atoms with Gasteiger partial charge in [0, 0.05) is 81.2 Å². The van der Waals surface area contributed by atoms with Crippen LogP contribution in [0.15, 0.2) is 157 Å². The second kappa shape index (κ2) is 11.2. The smallest absolute Gasteiger partial charge is 0.170 e. The molecule has 13 rings (SSSR count). The zero-order chi connectivity index (χ0) is 36.6. The van der Waals surface area contributed by atoms with Gasteiger partial charge >= 0.3 is 0 Å². The zero-order valence-corrected chi connectivity index (χ0v) is 31.5. The van der Waals surface area contributed by atoms with E-state index in [4.69, 9.17) is 9.97 Å². The minimum Gasteiger partial charge on any atom is -0.325 e. The van der Waals surface area contributed by atoms with E-state index in [2.05, 4.69) is 141 Å². The van der Waals surface area contributed by atoms with E-state index < -0.39 is 11.1 Å². The summed E-state index contributed by atoms with van der Waals surface area (Å²) in [5.74, 6) is 0.